The van der Waals surface area contributed by atoms with Crippen LogP contribution >= 0.6 is 0 Å². The number of unbranched alkanes of at least 4 members (excludes halogenated alkanes) is 9. The van der Waals surface area contributed by atoms with Gasteiger partial charge in [0.1, 0.15) is 0 Å². The first-order valence-electron chi connectivity index (χ1n) is 17.0. The predicted octanol–water partition coefficient (Wildman–Crippen LogP) is 12.3. The Morgan fingerprint density at radius 2 is 0.927 bits per heavy atom. The summed E-state index contributed by atoms with van der Waals surface area (Å²) in [4.78, 5) is 10.1. The van der Waals surface area contributed by atoms with E-state index in [2.05, 4.69) is 71.0 Å². The third-order valence-electron chi connectivity index (χ3n) is 8.00. The van der Waals surface area contributed by atoms with Gasteiger partial charge in [-0.1, -0.05) is 105 Å². The molecule has 3 heteroatoms. The summed E-state index contributed by atoms with van der Waals surface area (Å²) in [7, 11) is 0. The fraction of sp³-hybridized carbons (Fsp3) is 0.632. The van der Waals surface area contributed by atoms with Crippen LogP contribution in [0, 0.1) is 0 Å². The minimum atomic E-state index is 0. The van der Waals surface area contributed by atoms with Gasteiger partial charge < -0.3 is 0 Å². The predicted molar refractivity (Wildman–Crippen MR) is 181 cm³/mol. The summed E-state index contributed by atoms with van der Waals surface area (Å²) in [5.74, 6) is 0. The second-order valence-corrected chi connectivity index (χ2v) is 11.7. The van der Waals surface area contributed by atoms with Gasteiger partial charge in [0.05, 0.1) is 17.1 Å². The van der Waals surface area contributed by atoms with Gasteiger partial charge in [0, 0.05) is 26.6 Å². The molecule has 41 heavy (non-hydrogen) atoms. The first-order valence-corrected chi connectivity index (χ1v) is 17.0. The van der Waals surface area contributed by atoms with E-state index in [0.717, 1.165) is 29.9 Å². The SMILES string of the molecule is CCCCCc1ccc(/N=C/C(CCCC)=N/c2ccc(CCCCC)c(CCCCC)c2)cc1CCCCC.[Pd]. The van der Waals surface area contributed by atoms with Crippen molar-refractivity contribution in [1.29, 1.82) is 0 Å². The molecule has 0 heterocycles. The van der Waals surface area contributed by atoms with Crippen molar-refractivity contribution in [3.8, 4) is 0 Å². The van der Waals surface area contributed by atoms with Gasteiger partial charge in [0.25, 0.3) is 0 Å². The van der Waals surface area contributed by atoms with Crippen molar-refractivity contribution >= 4 is 23.3 Å². The van der Waals surface area contributed by atoms with Crippen molar-refractivity contribution in [2.75, 3.05) is 0 Å². The summed E-state index contributed by atoms with van der Waals surface area (Å²) in [5, 5.41) is 0. The van der Waals surface area contributed by atoms with Crippen LogP contribution in [0.2, 0.25) is 0 Å². The molecular formula is C38H60N2Pd. The molecule has 0 aliphatic rings. The maximum atomic E-state index is 5.16. The normalized spacial score (nSPS) is 11.8. The molecule has 0 N–H and O–H groups in total. The van der Waals surface area contributed by atoms with E-state index in [9.17, 15) is 0 Å². The Morgan fingerprint density at radius 1 is 0.512 bits per heavy atom. The van der Waals surface area contributed by atoms with Crippen LogP contribution in [0.5, 0.6) is 0 Å². The third kappa shape index (κ3) is 15.5. The number of aliphatic imine (C=N–C) groups is 2. The second kappa shape index (κ2) is 23.9. The fourth-order valence-corrected chi connectivity index (χ4v) is 5.41. The Bertz CT molecular complexity index is 1010. The number of rotatable bonds is 22. The molecule has 0 bridgehead atoms. The van der Waals surface area contributed by atoms with Crippen LogP contribution in [0.25, 0.3) is 0 Å². The summed E-state index contributed by atoms with van der Waals surface area (Å²) < 4.78 is 0. The van der Waals surface area contributed by atoms with Crippen molar-refractivity contribution in [2.24, 2.45) is 9.98 Å². The molecule has 0 spiro atoms. The van der Waals surface area contributed by atoms with Crippen molar-refractivity contribution in [2.45, 2.75) is 157 Å². The Morgan fingerprint density at radius 3 is 1.39 bits per heavy atom. The van der Waals surface area contributed by atoms with E-state index < -0.39 is 0 Å². The molecule has 2 aromatic rings. The molecule has 0 saturated heterocycles. The van der Waals surface area contributed by atoms with Gasteiger partial charge in [0.15, 0.2) is 0 Å². The topological polar surface area (TPSA) is 24.7 Å². The van der Waals surface area contributed by atoms with Crippen molar-refractivity contribution in [1.82, 2.24) is 0 Å². The second-order valence-electron chi connectivity index (χ2n) is 11.7. The minimum absolute atomic E-state index is 0. The standard InChI is InChI=1S/C38H60N2.Pd/c1-6-11-16-20-32-25-27-36(29-34(32)22-18-13-8-3)39-31-38(24-15-10-5)40-37-28-26-33(21-17-12-7-2)35(30-37)23-19-14-9-4;/h25-31H,6-24H2,1-5H3;/b39-31+,40-38+;. The Kier molecular flexibility index (Phi) is 21.9. The number of aryl methyl sites for hydroxylation is 4. The van der Waals surface area contributed by atoms with E-state index in [1.54, 1.807) is 0 Å². The Labute approximate surface area is 268 Å². The van der Waals surface area contributed by atoms with E-state index in [1.165, 1.54) is 131 Å². The van der Waals surface area contributed by atoms with Gasteiger partial charge in [-0.2, -0.15) is 0 Å². The monoisotopic (exact) mass is 650 g/mol. The third-order valence-corrected chi connectivity index (χ3v) is 8.00. The van der Waals surface area contributed by atoms with Crippen molar-refractivity contribution in [3.63, 3.8) is 0 Å². The van der Waals surface area contributed by atoms with E-state index >= 15 is 0 Å². The zero-order chi connectivity index (χ0) is 28.8. The summed E-state index contributed by atoms with van der Waals surface area (Å²) in [6, 6.07) is 13.9. The van der Waals surface area contributed by atoms with Gasteiger partial charge in [-0.05, 0) is 111 Å². The van der Waals surface area contributed by atoms with Gasteiger partial charge in [-0.3, -0.25) is 9.98 Å². The average molecular weight is 651 g/mol. The molecule has 0 amide bonds. The van der Waals surface area contributed by atoms with Crippen LogP contribution in [0.4, 0.5) is 11.4 Å². The summed E-state index contributed by atoms with van der Waals surface area (Å²) in [5.41, 5.74) is 9.32. The van der Waals surface area contributed by atoms with Gasteiger partial charge >= 0.3 is 0 Å². The number of nitrogens with zero attached hydrogens (tertiary/aromatic N) is 2. The zero-order valence-electron chi connectivity index (χ0n) is 27.2. The molecule has 232 valence electrons. The molecule has 2 rings (SSSR count). The molecule has 0 aliphatic heterocycles. The van der Waals surface area contributed by atoms with Crippen LogP contribution in [0.3, 0.4) is 0 Å². The molecule has 0 aromatic heterocycles. The number of hydrogen-bond acceptors (Lipinski definition) is 2. The van der Waals surface area contributed by atoms with E-state index in [-0.39, 0.29) is 20.4 Å². The van der Waals surface area contributed by atoms with Crippen LogP contribution in [-0.4, -0.2) is 11.9 Å². The van der Waals surface area contributed by atoms with Gasteiger partial charge in [-0.25, -0.2) is 0 Å². The maximum Gasteiger partial charge on any atom is 0.0636 e. The van der Waals surface area contributed by atoms with Gasteiger partial charge in [0.2, 0.25) is 0 Å². The molecule has 2 nitrogen and oxygen atoms in total. The molecule has 2 aromatic carbocycles. The minimum Gasteiger partial charge on any atom is -0.255 e. The molecule has 0 aliphatic carbocycles. The smallest absolute Gasteiger partial charge is 0.0636 e. The summed E-state index contributed by atoms with van der Waals surface area (Å²) >= 11 is 0. The van der Waals surface area contributed by atoms with E-state index in [1.807, 2.05) is 6.21 Å². The molecular weight excluding hydrogens is 591 g/mol. The van der Waals surface area contributed by atoms with Crippen LogP contribution < -0.4 is 0 Å². The summed E-state index contributed by atoms with van der Waals surface area (Å²) in [6.45, 7) is 11.4. The zero-order valence-corrected chi connectivity index (χ0v) is 28.7. The molecule has 0 atom stereocenters. The van der Waals surface area contributed by atoms with Crippen LogP contribution in [-0.2, 0) is 46.1 Å². The van der Waals surface area contributed by atoms with Crippen LogP contribution in [0.15, 0.2) is 46.4 Å². The van der Waals surface area contributed by atoms with Crippen LogP contribution in [0.1, 0.15) is 153 Å². The van der Waals surface area contributed by atoms with Crippen molar-refractivity contribution < 1.29 is 20.4 Å². The van der Waals surface area contributed by atoms with Crippen molar-refractivity contribution in [3.05, 3.63) is 58.7 Å². The quantitative estimate of drug-likeness (QED) is 0.0688. The number of hydrogen-bond donors (Lipinski definition) is 0. The van der Waals surface area contributed by atoms with E-state index in [4.69, 9.17) is 9.98 Å². The maximum absolute atomic E-state index is 5.16. The Hall–Kier alpha value is -1.56. The fourth-order valence-electron chi connectivity index (χ4n) is 5.41. The molecule has 0 fully saturated rings. The number of benzene rings is 2. The molecule has 0 radical (unpaired) electrons. The molecule has 0 saturated carbocycles. The molecule has 0 unspecified atom stereocenters. The largest absolute Gasteiger partial charge is 0.255 e. The first-order chi connectivity index (χ1) is 19.6. The summed E-state index contributed by atoms with van der Waals surface area (Å²) in [6.07, 6.45) is 25.4. The average Bonchev–Trinajstić information content (AvgIpc) is 2.96. The van der Waals surface area contributed by atoms with Gasteiger partial charge in [-0.15, -0.1) is 0 Å². The van der Waals surface area contributed by atoms with E-state index in [0.29, 0.717) is 0 Å². The Balaban J connectivity index is 0.00000840. The first kappa shape index (κ1) is 37.5.